The minimum atomic E-state index is -4.40. The maximum Gasteiger partial charge on any atom is 0.417 e. The molecule has 0 spiro atoms. The molecule has 1 heterocycles. The number of alkyl halides is 3. The molecule has 1 aromatic carbocycles. The molecular formula is C13H9BrF3N3. The molecule has 2 aromatic rings. The molecule has 0 atom stereocenters. The van der Waals surface area contributed by atoms with E-state index in [1.165, 1.54) is 6.07 Å². The van der Waals surface area contributed by atoms with E-state index >= 15 is 0 Å². The number of benzene rings is 1. The Morgan fingerprint density at radius 1 is 1.20 bits per heavy atom. The van der Waals surface area contributed by atoms with Crippen molar-refractivity contribution in [3.63, 3.8) is 0 Å². The Bertz CT molecular complexity index is 624. The Hall–Kier alpha value is -1.89. The molecule has 0 saturated carbocycles. The van der Waals surface area contributed by atoms with Gasteiger partial charge in [-0.2, -0.15) is 13.2 Å². The van der Waals surface area contributed by atoms with E-state index in [1.807, 2.05) is 0 Å². The second-order valence-electron chi connectivity index (χ2n) is 3.93. The molecule has 0 aliphatic rings. The topological polar surface area (TPSA) is 48.8 Å². The monoisotopic (exact) mass is 343 g/mol. The zero-order valence-corrected chi connectivity index (χ0v) is 11.6. The average Bonchev–Trinajstić information content (AvgIpc) is 2.38. The lowest BCUT2D eigenvalue weighted by Crippen LogP contribution is -2.06. The van der Waals surface area contributed by atoms with Gasteiger partial charge in [-0.15, -0.1) is 0 Å². The Labute approximate surface area is 121 Å². The molecule has 0 aliphatic carbocycles. The minimum absolute atomic E-state index is 0.277. The van der Waals surface area contributed by atoms with Crippen LogP contribution in [-0.2, 0) is 6.18 Å². The highest BCUT2D eigenvalue weighted by atomic mass is 79.9. The molecule has 0 aliphatic heterocycles. The second-order valence-corrected chi connectivity index (χ2v) is 4.85. The summed E-state index contributed by atoms with van der Waals surface area (Å²) in [5.41, 5.74) is 0.390. The van der Waals surface area contributed by atoms with Crippen LogP contribution in [0.3, 0.4) is 0 Å². The van der Waals surface area contributed by atoms with Gasteiger partial charge in [-0.25, -0.2) is 4.98 Å². The number of anilines is 2. The van der Waals surface area contributed by atoms with Crippen molar-refractivity contribution >= 4 is 33.6 Å². The number of pyridine rings is 1. The van der Waals surface area contributed by atoms with Gasteiger partial charge in [0.2, 0.25) is 0 Å². The predicted molar refractivity (Wildman–Crippen MR) is 74.5 cm³/mol. The highest BCUT2D eigenvalue weighted by Crippen LogP contribution is 2.29. The number of hydrogen-bond acceptors (Lipinski definition) is 3. The summed E-state index contributed by atoms with van der Waals surface area (Å²) in [6, 6.07) is 7.41. The lowest BCUT2D eigenvalue weighted by molar-refractivity contribution is -0.137. The Morgan fingerprint density at radius 3 is 2.50 bits per heavy atom. The van der Waals surface area contributed by atoms with Crippen LogP contribution in [0.25, 0.3) is 0 Å². The highest BCUT2D eigenvalue weighted by molar-refractivity contribution is 9.10. The van der Waals surface area contributed by atoms with Crippen molar-refractivity contribution in [2.24, 2.45) is 0 Å². The van der Waals surface area contributed by atoms with Crippen LogP contribution in [0.5, 0.6) is 0 Å². The number of halogens is 4. The third-order valence-electron chi connectivity index (χ3n) is 2.52. The fourth-order valence-corrected chi connectivity index (χ4v) is 1.90. The highest BCUT2D eigenvalue weighted by Gasteiger charge is 2.30. The van der Waals surface area contributed by atoms with Crippen LogP contribution in [0.15, 0.2) is 41.0 Å². The van der Waals surface area contributed by atoms with Gasteiger partial charge >= 0.3 is 6.18 Å². The fourth-order valence-electron chi connectivity index (χ4n) is 1.54. The van der Waals surface area contributed by atoms with Gasteiger partial charge in [0.05, 0.1) is 5.56 Å². The molecule has 104 valence electrons. The molecule has 2 N–H and O–H groups in total. The Kier molecular flexibility index (Phi) is 4.08. The summed E-state index contributed by atoms with van der Waals surface area (Å²) in [4.78, 5) is 3.72. The Morgan fingerprint density at radius 2 is 1.95 bits per heavy atom. The van der Waals surface area contributed by atoms with Gasteiger partial charge in [0.25, 0.3) is 0 Å². The van der Waals surface area contributed by atoms with Gasteiger partial charge in [0.1, 0.15) is 5.82 Å². The van der Waals surface area contributed by atoms with Gasteiger partial charge in [-0.3, -0.25) is 0 Å². The van der Waals surface area contributed by atoms with Gasteiger partial charge in [0, 0.05) is 28.1 Å². The van der Waals surface area contributed by atoms with Crippen LogP contribution in [0.4, 0.5) is 24.7 Å². The van der Waals surface area contributed by atoms with E-state index in [0.29, 0.717) is 11.3 Å². The van der Waals surface area contributed by atoms with E-state index in [2.05, 4.69) is 26.2 Å². The van der Waals surface area contributed by atoms with Crippen molar-refractivity contribution in [1.82, 2.24) is 4.98 Å². The van der Waals surface area contributed by atoms with E-state index in [0.717, 1.165) is 23.0 Å². The molecule has 7 heteroatoms. The fraction of sp³-hybridized carbons (Fsp3) is 0.0769. The van der Waals surface area contributed by atoms with Gasteiger partial charge < -0.3 is 10.7 Å². The predicted octanol–water partition coefficient (Wildman–Crippen LogP) is 4.60. The molecule has 1 aromatic heterocycles. The largest absolute Gasteiger partial charge is 0.417 e. The van der Waals surface area contributed by atoms with Crippen molar-refractivity contribution in [2.45, 2.75) is 6.18 Å². The molecule has 0 fully saturated rings. The molecule has 0 amide bonds. The molecule has 0 radical (unpaired) electrons. The molecule has 20 heavy (non-hydrogen) atoms. The number of nitrogens with one attached hydrogen (secondary N) is 2. The first kappa shape index (κ1) is 14.5. The van der Waals surface area contributed by atoms with Gasteiger partial charge in [0.15, 0.2) is 0 Å². The smallest absolute Gasteiger partial charge is 0.340 e. The number of aromatic nitrogens is 1. The number of hydrogen-bond donors (Lipinski definition) is 2. The number of rotatable bonds is 3. The molecule has 3 nitrogen and oxygen atoms in total. The van der Waals surface area contributed by atoms with E-state index in [9.17, 15) is 13.2 Å². The molecule has 0 saturated heterocycles. The first-order chi connectivity index (χ1) is 9.40. The SMILES string of the molecule is N=Cc1ccc(Br)cc1Nc1ccc(C(F)(F)F)cn1. The third kappa shape index (κ3) is 3.36. The first-order valence-electron chi connectivity index (χ1n) is 5.50. The van der Waals surface area contributed by atoms with Gasteiger partial charge in [-0.05, 0) is 24.3 Å². The summed E-state index contributed by atoms with van der Waals surface area (Å²) < 4.78 is 38.1. The van der Waals surface area contributed by atoms with Crippen molar-refractivity contribution in [3.8, 4) is 0 Å². The van der Waals surface area contributed by atoms with Crippen LogP contribution >= 0.6 is 15.9 Å². The third-order valence-corrected chi connectivity index (χ3v) is 3.02. The summed E-state index contributed by atoms with van der Waals surface area (Å²) in [7, 11) is 0. The van der Waals surface area contributed by atoms with Crippen LogP contribution in [-0.4, -0.2) is 11.2 Å². The van der Waals surface area contributed by atoms with Crippen molar-refractivity contribution in [1.29, 1.82) is 5.41 Å². The molecule has 2 rings (SSSR count). The maximum absolute atomic E-state index is 12.4. The zero-order chi connectivity index (χ0) is 14.8. The van der Waals surface area contributed by atoms with Crippen LogP contribution in [0.1, 0.15) is 11.1 Å². The molecule has 0 unspecified atom stereocenters. The van der Waals surface area contributed by atoms with Crippen LogP contribution in [0.2, 0.25) is 0 Å². The number of nitrogens with zero attached hydrogens (tertiary/aromatic N) is 1. The first-order valence-corrected chi connectivity index (χ1v) is 6.30. The van der Waals surface area contributed by atoms with Crippen LogP contribution < -0.4 is 5.32 Å². The zero-order valence-electron chi connectivity index (χ0n) is 10.0. The summed E-state index contributed by atoms with van der Waals surface area (Å²) in [6.45, 7) is 0. The summed E-state index contributed by atoms with van der Waals surface area (Å²) in [5.74, 6) is 0.277. The second kappa shape index (κ2) is 5.62. The standard InChI is InChI=1S/C13H9BrF3N3/c14-10-3-1-8(6-18)11(5-10)20-12-4-2-9(7-19-12)13(15,16)17/h1-7,18H,(H,19,20). The lowest BCUT2D eigenvalue weighted by atomic mass is 10.2. The summed E-state index contributed by atoms with van der Waals surface area (Å²) in [5, 5.41) is 10.2. The normalized spacial score (nSPS) is 11.2. The van der Waals surface area contributed by atoms with E-state index in [-0.39, 0.29) is 5.82 Å². The van der Waals surface area contributed by atoms with E-state index in [1.54, 1.807) is 18.2 Å². The van der Waals surface area contributed by atoms with Crippen LogP contribution in [0, 0.1) is 5.41 Å². The minimum Gasteiger partial charge on any atom is -0.340 e. The van der Waals surface area contributed by atoms with Crippen molar-refractivity contribution in [2.75, 3.05) is 5.32 Å². The molecular weight excluding hydrogens is 335 g/mol. The van der Waals surface area contributed by atoms with E-state index in [4.69, 9.17) is 5.41 Å². The lowest BCUT2D eigenvalue weighted by Gasteiger charge is -2.10. The van der Waals surface area contributed by atoms with E-state index < -0.39 is 11.7 Å². The van der Waals surface area contributed by atoms with Crippen molar-refractivity contribution < 1.29 is 13.2 Å². The van der Waals surface area contributed by atoms with Gasteiger partial charge in [-0.1, -0.05) is 22.0 Å². The van der Waals surface area contributed by atoms with Crippen molar-refractivity contribution in [3.05, 3.63) is 52.1 Å². The average molecular weight is 344 g/mol. The summed E-state index contributed by atoms with van der Waals surface area (Å²) >= 11 is 3.29. The quantitative estimate of drug-likeness (QED) is 0.800. The molecule has 0 bridgehead atoms. The summed E-state index contributed by atoms with van der Waals surface area (Å²) in [6.07, 6.45) is -2.48. The maximum atomic E-state index is 12.4. The Balaban J connectivity index is 2.26.